The minimum absolute atomic E-state index is 0. The first-order chi connectivity index (χ1) is 16.3. The molecule has 1 saturated heterocycles. The lowest BCUT2D eigenvalue weighted by Crippen LogP contribution is -2.38. The second-order valence-corrected chi connectivity index (χ2v) is 8.46. The van der Waals surface area contributed by atoms with E-state index in [1.807, 2.05) is 6.07 Å². The zero-order chi connectivity index (χ0) is 23.9. The second kappa shape index (κ2) is 9.88. The molecule has 186 valence electrons. The van der Waals surface area contributed by atoms with Crippen LogP contribution in [-0.4, -0.2) is 63.5 Å². The van der Waals surface area contributed by atoms with Crippen molar-refractivity contribution in [3.05, 3.63) is 58.6 Å². The Hall–Kier alpha value is -3.08. The predicted octanol–water partition coefficient (Wildman–Crippen LogP) is 3.49. The summed E-state index contributed by atoms with van der Waals surface area (Å²) in [4.78, 5) is 19.1. The van der Waals surface area contributed by atoms with Crippen LogP contribution >= 0.6 is 12.4 Å². The van der Waals surface area contributed by atoms with Crippen LogP contribution in [0.3, 0.4) is 0 Å². The molecule has 0 radical (unpaired) electrons. The molecular formula is C24H26ClF2N5O3. The van der Waals surface area contributed by atoms with Crippen LogP contribution in [0.25, 0.3) is 27.8 Å². The number of hydrogen-bond acceptors (Lipinski definition) is 6. The molecule has 4 aromatic rings. The van der Waals surface area contributed by atoms with Crippen molar-refractivity contribution >= 4 is 29.0 Å². The quantitative estimate of drug-likeness (QED) is 0.399. The van der Waals surface area contributed by atoms with Gasteiger partial charge in [-0.15, -0.1) is 12.4 Å². The Balaban J connectivity index is 0.00000289. The molecule has 4 heterocycles. The number of fused-ring (bicyclic) bond motifs is 3. The smallest absolute Gasteiger partial charge is 0.286 e. The van der Waals surface area contributed by atoms with E-state index in [0.29, 0.717) is 40.2 Å². The lowest BCUT2D eigenvalue weighted by Gasteiger charge is -2.26. The number of alkyl halides is 2. The maximum absolute atomic E-state index is 13.8. The minimum Gasteiger partial charge on any atom is -0.492 e. The van der Waals surface area contributed by atoms with Crippen LogP contribution in [0.1, 0.15) is 12.6 Å². The number of hydrogen-bond donors (Lipinski definition) is 0. The second-order valence-electron chi connectivity index (χ2n) is 8.46. The molecule has 0 bridgehead atoms. The first-order valence-corrected chi connectivity index (χ1v) is 11.1. The highest BCUT2D eigenvalue weighted by Crippen LogP contribution is 2.29. The average Bonchev–Trinajstić information content (AvgIpc) is 3.29. The van der Waals surface area contributed by atoms with E-state index in [1.165, 1.54) is 16.8 Å². The molecule has 0 amide bonds. The topological polar surface area (TPSA) is 73.9 Å². The number of benzene rings is 1. The predicted molar refractivity (Wildman–Crippen MR) is 131 cm³/mol. The van der Waals surface area contributed by atoms with Crippen LogP contribution in [0.4, 0.5) is 8.78 Å². The van der Waals surface area contributed by atoms with Gasteiger partial charge in [-0.1, -0.05) is 0 Å². The third-order valence-corrected chi connectivity index (χ3v) is 6.05. The molecule has 11 heteroatoms. The van der Waals surface area contributed by atoms with E-state index in [2.05, 4.69) is 15.0 Å². The third-order valence-electron chi connectivity index (χ3n) is 6.05. The van der Waals surface area contributed by atoms with Gasteiger partial charge in [-0.05, 0) is 30.3 Å². The first kappa shape index (κ1) is 25.0. The lowest BCUT2D eigenvalue weighted by atomic mass is 10.1. The molecule has 0 saturated carbocycles. The van der Waals surface area contributed by atoms with Crippen molar-refractivity contribution in [3.8, 4) is 17.0 Å². The highest BCUT2D eigenvalue weighted by molar-refractivity contribution is 5.85. The van der Waals surface area contributed by atoms with Crippen LogP contribution in [0.5, 0.6) is 5.75 Å². The maximum atomic E-state index is 13.8. The fourth-order valence-electron chi connectivity index (χ4n) is 4.12. The summed E-state index contributed by atoms with van der Waals surface area (Å²) in [6, 6.07) is 9.98. The molecular weight excluding hydrogens is 480 g/mol. The van der Waals surface area contributed by atoms with Crippen LogP contribution in [-0.2, 0) is 17.7 Å². The fraction of sp³-hybridized carbons (Fsp3) is 0.375. The summed E-state index contributed by atoms with van der Waals surface area (Å²) in [5.74, 6) is -2.46. The van der Waals surface area contributed by atoms with Crippen molar-refractivity contribution in [2.45, 2.75) is 12.8 Å². The molecule has 1 aromatic carbocycles. The molecule has 35 heavy (non-hydrogen) atoms. The molecule has 0 N–H and O–H groups in total. The summed E-state index contributed by atoms with van der Waals surface area (Å²) in [5.41, 5.74) is 1.61. The Morgan fingerprint density at radius 1 is 1.14 bits per heavy atom. The van der Waals surface area contributed by atoms with Crippen molar-refractivity contribution in [1.82, 2.24) is 24.1 Å². The number of aryl methyl sites for hydroxylation is 1. The van der Waals surface area contributed by atoms with Gasteiger partial charge in [-0.2, -0.15) is 13.9 Å². The first-order valence-electron chi connectivity index (χ1n) is 11.1. The standard InChI is InChI=1S/C24H25F2N5O3.ClH/c1-24(25,26)21-13-16(5-6-27-21)19-15-22-29(2)23(32)18-14-17(3-4-20(18)31(22)28-19)34-12-9-30-7-10-33-11-8-30;/h3-6,13-15H,7-12H2,1-2H3;1H. The van der Waals surface area contributed by atoms with Gasteiger partial charge in [0.2, 0.25) is 0 Å². The van der Waals surface area contributed by atoms with Gasteiger partial charge in [0.1, 0.15) is 23.7 Å². The molecule has 5 rings (SSSR count). The Morgan fingerprint density at radius 3 is 2.66 bits per heavy atom. The Morgan fingerprint density at radius 2 is 1.91 bits per heavy atom. The SMILES string of the molecule is Cl.Cn1c(=O)c2cc(OCCN3CCOCC3)ccc2n2nc(-c3ccnc(C(C)(F)F)c3)cc12. The molecule has 0 aliphatic carbocycles. The van der Waals surface area contributed by atoms with Crippen LogP contribution in [0.2, 0.25) is 0 Å². The van der Waals surface area contributed by atoms with Gasteiger partial charge < -0.3 is 9.47 Å². The Labute approximate surface area is 206 Å². The molecule has 0 spiro atoms. The zero-order valence-corrected chi connectivity index (χ0v) is 20.2. The highest BCUT2D eigenvalue weighted by atomic mass is 35.5. The largest absolute Gasteiger partial charge is 0.492 e. The van der Waals surface area contributed by atoms with Crippen molar-refractivity contribution in [2.75, 3.05) is 39.5 Å². The zero-order valence-electron chi connectivity index (χ0n) is 19.4. The van der Waals surface area contributed by atoms with Crippen LogP contribution < -0.4 is 10.3 Å². The van der Waals surface area contributed by atoms with Crippen molar-refractivity contribution < 1.29 is 18.3 Å². The Kier molecular flexibility index (Phi) is 7.07. The minimum atomic E-state index is -3.06. The fourth-order valence-corrected chi connectivity index (χ4v) is 4.12. The summed E-state index contributed by atoms with van der Waals surface area (Å²) in [6.45, 7) is 5.33. The summed E-state index contributed by atoms with van der Waals surface area (Å²) in [6.07, 6.45) is 1.34. The molecule has 1 aliphatic rings. The lowest BCUT2D eigenvalue weighted by molar-refractivity contribution is 0.0128. The monoisotopic (exact) mass is 505 g/mol. The van der Waals surface area contributed by atoms with Gasteiger partial charge in [0, 0.05) is 51.4 Å². The van der Waals surface area contributed by atoms with E-state index in [4.69, 9.17) is 9.47 Å². The number of nitrogens with zero attached hydrogens (tertiary/aromatic N) is 5. The van der Waals surface area contributed by atoms with Gasteiger partial charge in [0.25, 0.3) is 11.5 Å². The van der Waals surface area contributed by atoms with Crippen LogP contribution in [0.15, 0.2) is 47.4 Å². The molecule has 8 nitrogen and oxygen atoms in total. The van der Waals surface area contributed by atoms with E-state index >= 15 is 0 Å². The summed E-state index contributed by atoms with van der Waals surface area (Å²) in [5, 5.41) is 5.08. The highest BCUT2D eigenvalue weighted by Gasteiger charge is 2.26. The molecule has 1 aliphatic heterocycles. The number of pyridine rings is 1. The number of ether oxygens (including phenoxy) is 2. The van der Waals surface area contributed by atoms with Crippen molar-refractivity contribution in [3.63, 3.8) is 0 Å². The number of halogens is 3. The summed E-state index contributed by atoms with van der Waals surface area (Å²) in [7, 11) is 1.66. The molecule has 1 fully saturated rings. The van der Waals surface area contributed by atoms with Gasteiger partial charge in [-0.25, -0.2) is 4.52 Å². The molecule has 3 aromatic heterocycles. The summed E-state index contributed by atoms with van der Waals surface area (Å²) < 4.78 is 41.9. The molecule has 0 unspecified atom stereocenters. The normalized spacial score (nSPS) is 14.9. The number of morpholine rings is 1. The third kappa shape index (κ3) is 5.00. The van der Waals surface area contributed by atoms with Gasteiger partial charge in [0.15, 0.2) is 0 Å². The van der Waals surface area contributed by atoms with Crippen molar-refractivity contribution in [2.24, 2.45) is 7.05 Å². The van der Waals surface area contributed by atoms with Gasteiger partial charge in [-0.3, -0.25) is 19.2 Å². The average molecular weight is 506 g/mol. The van der Waals surface area contributed by atoms with E-state index in [1.54, 1.807) is 35.8 Å². The Bertz CT molecular complexity index is 1410. The van der Waals surface area contributed by atoms with Gasteiger partial charge >= 0.3 is 0 Å². The van der Waals surface area contributed by atoms with Crippen LogP contribution in [0, 0.1) is 0 Å². The van der Waals surface area contributed by atoms with E-state index in [0.717, 1.165) is 39.8 Å². The number of rotatable bonds is 6. The van der Waals surface area contributed by atoms with E-state index < -0.39 is 5.92 Å². The molecule has 0 atom stereocenters. The van der Waals surface area contributed by atoms with Gasteiger partial charge in [0.05, 0.1) is 29.8 Å². The van der Waals surface area contributed by atoms with Crippen molar-refractivity contribution in [1.29, 1.82) is 0 Å². The van der Waals surface area contributed by atoms with E-state index in [9.17, 15) is 13.6 Å². The van der Waals surface area contributed by atoms with E-state index in [-0.39, 0.29) is 23.7 Å². The maximum Gasteiger partial charge on any atom is 0.286 e. The summed E-state index contributed by atoms with van der Waals surface area (Å²) >= 11 is 0. The number of aromatic nitrogens is 4.